The number of nitrogens with one attached hydrogen (secondary N) is 1. The zero-order valence-corrected chi connectivity index (χ0v) is 18.0. The molecule has 0 aliphatic heterocycles. The van der Waals surface area contributed by atoms with Gasteiger partial charge in [-0.2, -0.15) is 0 Å². The van der Waals surface area contributed by atoms with E-state index in [1.165, 1.54) is 50.4 Å². The van der Waals surface area contributed by atoms with E-state index in [4.69, 9.17) is 16.3 Å². The number of amides is 1. The zero-order chi connectivity index (χ0) is 22.5. The van der Waals surface area contributed by atoms with Gasteiger partial charge in [0.2, 0.25) is 0 Å². The zero-order valence-electron chi connectivity index (χ0n) is 16.4. The highest BCUT2D eigenvalue weighted by molar-refractivity contribution is 7.89. The van der Waals surface area contributed by atoms with Crippen molar-refractivity contribution >= 4 is 33.5 Å². The van der Waals surface area contributed by atoms with Crippen LogP contribution in [0.4, 0.5) is 4.39 Å². The van der Waals surface area contributed by atoms with Crippen molar-refractivity contribution in [3.63, 3.8) is 0 Å². The quantitative estimate of drug-likeness (QED) is 0.481. The summed E-state index contributed by atoms with van der Waals surface area (Å²) < 4.78 is 43.4. The molecule has 0 radical (unpaired) electrons. The van der Waals surface area contributed by atoms with E-state index in [1.54, 1.807) is 0 Å². The van der Waals surface area contributed by atoms with Crippen LogP contribution in [-0.2, 0) is 30.9 Å². The Morgan fingerprint density at radius 1 is 1.20 bits per heavy atom. The standard InChI is InChI=1S/C19H20ClFN2O6S/c1-12(18(24)22-11-13-4-7-15(21)8-5-13)29-19(25)14-6-9-16(20)17(10-14)30(26,27)23(2)28-3/h4-10,12H,11H2,1-3H3,(H,22,24). The highest BCUT2D eigenvalue weighted by atomic mass is 35.5. The first kappa shape index (κ1) is 23.7. The van der Waals surface area contributed by atoms with Crippen molar-refractivity contribution in [2.45, 2.75) is 24.5 Å². The van der Waals surface area contributed by atoms with E-state index >= 15 is 0 Å². The number of hydroxylamine groups is 1. The number of carbonyl (C=O) groups excluding carboxylic acids is 2. The summed E-state index contributed by atoms with van der Waals surface area (Å²) in [5, 5.41) is 2.45. The summed E-state index contributed by atoms with van der Waals surface area (Å²) >= 11 is 5.95. The minimum absolute atomic E-state index is 0.110. The number of carbonyl (C=O) groups is 2. The number of ether oxygens (including phenoxy) is 1. The van der Waals surface area contributed by atoms with Crippen LogP contribution in [0, 0.1) is 5.82 Å². The lowest BCUT2D eigenvalue weighted by molar-refractivity contribution is -0.129. The highest BCUT2D eigenvalue weighted by Gasteiger charge is 2.26. The van der Waals surface area contributed by atoms with E-state index in [0.717, 1.165) is 13.2 Å². The molecule has 0 heterocycles. The van der Waals surface area contributed by atoms with Crippen LogP contribution < -0.4 is 5.32 Å². The van der Waals surface area contributed by atoms with Crippen molar-refractivity contribution in [1.82, 2.24) is 9.79 Å². The van der Waals surface area contributed by atoms with Crippen LogP contribution >= 0.6 is 11.6 Å². The van der Waals surface area contributed by atoms with Gasteiger partial charge in [0.1, 0.15) is 10.7 Å². The lowest BCUT2D eigenvalue weighted by Gasteiger charge is -2.16. The number of nitrogens with zero attached hydrogens (tertiary/aromatic N) is 1. The Kier molecular flexibility index (Phi) is 7.90. The number of esters is 1. The molecule has 0 aliphatic carbocycles. The SMILES string of the molecule is CON(C)S(=O)(=O)c1cc(C(=O)OC(C)C(=O)NCc2ccc(F)cc2)ccc1Cl. The van der Waals surface area contributed by atoms with Crippen LogP contribution in [0.15, 0.2) is 47.4 Å². The molecule has 11 heteroatoms. The molecule has 1 amide bonds. The predicted molar refractivity (Wildman–Crippen MR) is 107 cm³/mol. The predicted octanol–water partition coefficient (Wildman–Crippen LogP) is 2.52. The van der Waals surface area contributed by atoms with Crippen LogP contribution in [0.5, 0.6) is 0 Å². The molecule has 162 valence electrons. The Morgan fingerprint density at radius 3 is 2.43 bits per heavy atom. The summed E-state index contributed by atoms with van der Waals surface area (Å²) in [7, 11) is -1.76. The van der Waals surface area contributed by atoms with Crippen molar-refractivity contribution in [2.75, 3.05) is 14.2 Å². The number of rotatable bonds is 8. The van der Waals surface area contributed by atoms with E-state index in [1.807, 2.05) is 0 Å². The molecule has 1 N–H and O–H groups in total. The van der Waals surface area contributed by atoms with Gasteiger partial charge in [-0.1, -0.05) is 28.2 Å². The average molecular weight is 459 g/mol. The third-order valence-corrected chi connectivity index (χ3v) is 6.23. The second kappa shape index (κ2) is 9.98. The van der Waals surface area contributed by atoms with Gasteiger partial charge >= 0.3 is 5.97 Å². The van der Waals surface area contributed by atoms with Gasteiger partial charge in [0.25, 0.3) is 15.9 Å². The van der Waals surface area contributed by atoms with Gasteiger partial charge in [0.05, 0.1) is 17.7 Å². The summed E-state index contributed by atoms with van der Waals surface area (Å²) in [5.74, 6) is -1.88. The minimum atomic E-state index is -4.10. The minimum Gasteiger partial charge on any atom is -0.449 e. The maximum absolute atomic E-state index is 12.9. The van der Waals surface area contributed by atoms with Crippen LogP contribution in [0.25, 0.3) is 0 Å². The first-order valence-electron chi connectivity index (χ1n) is 8.62. The molecule has 0 saturated heterocycles. The molecule has 2 aromatic carbocycles. The van der Waals surface area contributed by atoms with Crippen LogP contribution in [0.2, 0.25) is 5.02 Å². The molecule has 0 fully saturated rings. The molecule has 30 heavy (non-hydrogen) atoms. The van der Waals surface area contributed by atoms with Crippen molar-refractivity contribution in [3.8, 4) is 0 Å². The van der Waals surface area contributed by atoms with Gasteiger partial charge in [0.15, 0.2) is 6.10 Å². The van der Waals surface area contributed by atoms with Crippen molar-refractivity contribution in [2.24, 2.45) is 0 Å². The van der Waals surface area contributed by atoms with Crippen LogP contribution in [-0.4, -0.2) is 45.0 Å². The summed E-state index contributed by atoms with van der Waals surface area (Å²) in [6, 6.07) is 9.10. The van der Waals surface area contributed by atoms with E-state index in [9.17, 15) is 22.4 Å². The molecule has 0 spiro atoms. The van der Waals surface area contributed by atoms with Gasteiger partial charge in [-0.25, -0.2) is 17.6 Å². The molecule has 2 rings (SSSR count). The Hall–Kier alpha value is -2.53. The van der Waals surface area contributed by atoms with Crippen LogP contribution in [0.1, 0.15) is 22.8 Å². The van der Waals surface area contributed by atoms with E-state index in [-0.39, 0.29) is 22.0 Å². The Bertz CT molecular complexity index is 1030. The molecule has 0 bridgehead atoms. The van der Waals surface area contributed by atoms with E-state index < -0.39 is 33.8 Å². The number of hydrogen-bond acceptors (Lipinski definition) is 6. The third-order valence-electron chi connectivity index (χ3n) is 4.07. The highest BCUT2D eigenvalue weighted by Crippen LogP contribution is 2.25. The molecule has 1 unspecified atom stereocenters. The fourth-order valence-electron chi connectivity index (χ4n) is 2.28. The Labute approximate surface area is 178 Å². The number of sulfonamides is 1. The number of benzene rings is 2. The molecule has 0 aromatic heterocycles. The molecule has 0 aliphatic rings. The fourth-order valence-corrected chi connectivity index (χ4v) is 3.76. The number of halogens is 2. The van der Waals surface area contributed by atoms with Crippen molar-refractivity contribution in [3.05, 3.63) is 64.4 Å². The van der Waals surface area contributed by atoms with Gasteiger partial charge in [-0.05, 0) is 42.8 Å². The summed E-state index contributed by atoms with van der Waals surface area (Å²) in [6.07, 6.45) is -1.16. The molecular weight excluding hydrogens is 439 g/mol. The largest absolute Gasteiger partial charge is 0.449 e. The van der Waals surface area contributed by atoms with Crippen molar-refractivity contribution in [1.29, 1.82) is 0 Å². The first-order valence-corrected chi connectivity index (χ1v) is 10.4. The molecule has 8 nitrogen and oxygen atoms in total. The van der Waals surface area contributed by atoms with Gasteiger partial charge in [-0.3, -0.25) is 9.63 Å². The van der Waals surface area contributed by atoms with Gasteiger partial charge < -0.3 is 10.1 Å². The topological polar surface area (TPSA) is 102 Å². The summed E-state index contributed by atoms with van der Waals surface area (Å²) in [5.41, 5.74) is 0.554. The second-order valence-corrected chi connectivity index (χ2v) is 8.45. The molecule has 1 atom stereocenters. The molecular formula is C19H20ClFN2O6S. The van der Waals surface area contributed by atoms with Crippen LogP contribution in [0.3, 0.4) is 0 Å². The second-order valence-electron chi connectivity index (χ2n) is 6.13. The monoisotopic (exact) mass is 458 g/mol. The van der Waals surface area contributed by atoms with E-state index in [0.29, 0.717) is 10.0 Å². The fraction of sp³-hybridized carbons (Fsp3) is 0.263. The molecule has 2 aromatic rings. The summed E-state index contributed by atoms with van der Waals surface area (Å²) in [4.78, 5) is 28.9. The Morgan fingerprint density at radius 2 is 1.83 bits per heavy atom. The van der Waals surface area contributed by atoms with Crippen molar-refractivity contribution < 1.29 is 32.0 Å². The molecule has 0 saturated carbocycles. The van der Waals surface area contributed by atoms with E-state index in [2.05, 4.69) is 10.2 Å². The van der Waals surface area contributed by atoms with Gasteiger partial charge in [0, 0.05) is 13.6 Å². The lowest BCUT2D eigenvalue weighted by atomic mass is 10.2. The lowest BCUT2D eigenvalue weighted by Crippen LogP contribution is -2.35. The third kappa shape index (κ3) is 5.76. The first-order chi connectivity index (χ1) is 14.1. The average Bonchev–Trinajstić information content (AvgIpc) is 2.72. The maximum Gasteiger partial charge on any atom is 0.338 e. The smallest absolute Gasteiger partial charge is 0.338 e. The van der Waals surface area contributed by atoms with Gasteiger partial charge in [-0.15, -0.1) is 0 Å². The number of hydrogen-bond donors (Lipinski definition) is 1. The maximum atomic E-state index is 12.9. The summed E-state index contributed by atoms with van der Waals surface area (Å²) in [6.45, 7) is 1.48. The normalized spacial score (nSPS) is 12.5. The Balaban J connectivity index is 2.07.